The number of imidazole rings is 1. The van der Waals surface area contributed by atoms with Gasteiger partial charge in [-0.15, -0.1) is 0 Å². The molecule has 0 aromatic carbocycles. The summed E-state index contributed by atoms with van der Waals surface area (Å²) in [5, 5.41) is 0. The van der Waals surface area contributed by atoms with Crippen LogP contribution < -0.4 is 11.3 Å². The van der Waals surface area contributed by atoms with Gasteiger partial charge in [-0.05, 0) is 12.8 Å². The first kappa shape index (κ1) is 12.2. The fraction of sp³-hybridized carbons (Fsp3) is 0.625. The third-order valence-electron chi connectivity index (χ3n) is 2.06. The van der Waals surface area contributed by atoms with Gasteiger partial charge in [0.15, 0.2) is 0 Å². The molecule has 0 bridgehead atoms. The zero-order valence-electron chi connectivity index (χ0n) is 8.60. The van der Waals surface area contributed by atoms with Crippen molar-refractivity contribution in [3.8, 4) is 0 Å². The minimum Gasteiger partial charge on any atom is -0.347 e. The van der Waals surface area contributed by atoms with Crippen molar-refractivity contribution in [3.05, 3.63) is 18.2 Å². The summed E-state index contributed by atoms with van der Waals surface area (Å²) in [4.78, 5) is 6.99. The van der Waals surface area contributed by atoms with Crippen LogP contribution in [0.5, 0.6) is 0 Å². The van der Waals surface area contributed by atoms with E-state index in [4.69, 9.17) is 5.84 Å². The molecule has 4 N–H and O–H groups in total. The summed E-state index contributed by atoms with van der Waals surface area (Å²) < 4.78 is 21.8. The van der Waals surface area contributed by atoms with Crippen LogP contribution in [0.3, 0.4) is 0 Å². The van der Waals surface area contributed by atoms with E-state index in [0.717, 1.165) is 5.82 Å². The lowest BCUT2D eigenvalue weighted by Gasteiger charge is -2.12. The topological polar surface area (TPSA) is 101 Å². The van der Waals surface area contributed by atoms with Crippen molar-refractivity contribution in [2.24, 2.45) is 5.84 Å². The zero-order chi connectivity index (χ0) is 11.3. The van der Waals surface area contributed by atoms with Crippen molar-refractivity contribution in [2.45, 2.75) is 18.9 Å². The number of nitrogens with one attached hydrogen (secondary N) is 2. The number of hydrogen-bond acceptors (Lipinski definition) is 5. The van der Waals surface area contributed by atoms with Gasteiger partial charge in [-0.2, -0.15) is 0 Å². The Kier molecular flexibility index (Phi) is 4.25. The fourth-order valence-corrected chi connectivity index (χ4v) is 2.01. The van der Waals surface area contributed by atoms with E-state index in [0.29, 0.717) is 12.8 Å². The van der Waals surface area contributed by atoms with Crippen LogP contribution in [0, 0.1) is 0 Å². The Morgan fingerprint density at radius 3 is 2.87 bits per heavy atom. The summed E-state index contributed by atoms with van der Waals surface area (Å²) in [6, 6.07) is -0.123. The fourth-order valence-electron chi connectivity index (χ4n) is 1.32. The second-order valence-corrected chi connectivity index (χ2v) is 5.73. The molecule has 1 heterocycles. The quantitative estimate of drug-likeness (QED) is 0.463. The summed E-state index contributed by atoms with van der Waals surface area (Å²) in [6.45, 7) is 0. The Morgan fingerprint density at radius 2 is 2.40 bits per heavy atom. The van der Waals surface area contributed by atoms with Crippen molar-refractivity contribution in [1.82, 2.24) is 15.4 Å². The molecular weight excluding hydrogens is 216 g/mol. The number of hydrogen-bond donors (Lipinski definition) is 3. The van der Waals surface area contributed by atoms with Crippen molar-refractivity contribution < 1.29 is 8.42 Å². The minimum absolute atomic E-state index is 0.123. The van der Waals surface area contributed by atoms with E-state index in [1.54, 1.807) is 12.4 Å². The van der Waals surface area contributed by atoms with Crippen molar-refractivity contribution >= 4 is 9.84 Å². The van der Waals surface area contributed by atoms with Crippen LogP contribution in [-0.4, -0.2) is 30.4 Å². The van der Waals surface area contributed by atoms with Crippen molar-refractivity contribution in [2.75, 3.05) is 12.0 Å². The first-order valence-electron chi connectivity index (χ1n) is 4.66. The molecule has 6 nitrogen and oxygen atoms in total. The molecule has 7 heteroatoms. The Hall–Kier alpha value is -0.920. The number of hydrazine groups is 1. The number of H-pyrrole nitrogens is 1. The Morgan fingerprint density at radius 1 is 1.67 bits per heavy atom. The van der Waals surface area contributed by atoms with E-state index >= 15 is 0 Å². The van der Waals surface area contributed by atoms with Crippen LogP contribution in [0.15, 0.2) is 12.4 Å². The van der Waals surface area contributed by atoms with Crippen LogP contribution in [0.1, 0.15) is 24.7 Å². The molecule has 0 spiro atoms. The maximum Gasteiger partial charge on any atom is 0.147 e. The van der Waals surface area contributed by atoms with Crippen LogP contribution >= 0.6 is 0 Å². The highest BCUT2D eigenvalue weighted by Gasteiger charge is 2.12. The monoisotopic (exact) mass is 232 g/mol. The maximum atomic E-state index is 10.9. The zero-order valence-corrected chi connectivity index (χ0v) is 9.42. The number of aromatic amines is 1. The Bertz CT molecular complexity index is 373. The first-order chi connectivity index (χ1) is 7.03. The highest BCUT2D eigenvalue weighted by molar-refractivity contribution is 7.90. The van der Waals surface area contributed by atoms with Crippen LogP contribution in [0.25, 0.3) is 0 Å². The summed E-state index contributed by atoms with van der Waals surface area (Å²) >= 11 is 0. The molecule has 0 aliphatic rings. The lowest BCUT2D eigenvalue weighted by molar-refractivity contribution is 0.487. The largest absolute Gasteiger partial charge is 0.347 e. The van der Waals surface area contributed by atoms with E-state index in [1.165, 1.54) is 6.26 Å². The first-order valence-corrected chi connectivity index (χ1v) is 6.72. The molecule has 1 aromatic rings. The lowest BCUT2D eigenvalue weighted by Crippen LogP contribution is -2.29. The van der Waals surface area contributed by atoms with Gasteiger partial charge in [0.1, 0.15) is 15.7 Å². The van der Waals surface area contributed by atoms with Gasteiger partial charge in [0.2, 0.25) is 0 Å². The van der Waals surface area contributed by atoms with Crippen LogP contribution in [0.4, 0.5) is 0 Å². The molecule has 0 amide bonds. The molecule has 0 aliphatic carbocycles. The average Bonchev–Trinajstić information content (AvgIpc) is 2.63. The molecule has 0 saturated heterocycles. The molecule has 15 heavy (non-hydrogen) atoms. The van der Waals surface area contributed by atoms with Gasteiger partial charge in [0.05, 0.1) is 6.04 Å². The van der Waals surface area contributed by atoms with Gasteiger partial charge >= 0.3 is 0 Å². The maximum absolute atomic E-state index is 10.9. The van der Waals surface area contributed by atoms with Crippen molar-refractivity contribution in [3.63, 3.8) is 0 Å². The van der Waals surface area contributed by atoms with E-state index in [-0.39, 0.29) is 11.8 Å². The molecule has 0 fully saturated rings. The molecule has 1 unspecified atom stereocenters. The number of sulfone groups is 1. The number of nitrogens with two attached hydrogens (primary N) is 1. The lowest BCUT2D eigenvalue weighted by atomic mass is 10.2. The molecule has 1 atom stereocenters. The SMILES string of the molecule is CS(=O)(=O)CCCC(NN)c1ncc[nH]1. The molecule has 1 rings (SSSR count). The third kappa shape index (κ3) is 4.41. The van der Waals surface area contributed by atoms with E-state index in [9.17, 15) is 8.42 Å². The van der Waals surface area contributed by atoms with E-state index < -0.39 is 9.84 Å². The smallest absolute Gasteiger partial charge is 0.147 e. The number of rotatable bonds is 6. The predicted octanol–water partition coefficient (Wildman–Crippen LogP) is -0.261. The average molecular weight is 232 g/mol. The van der Waals surface area contributed by atoms with Gasteiger partial charge in [-0.3, -0.25) is 5.84 Å². The van der Waals surface area contributed by atoms with Gasteiger partial charge in [-0.25, -0.2) is 18.8 Å². The molecule has 0 aliphatic heterocycles. The molecular formula is C8H16N4O2S. The summed E-state index contributed by atoms with van der Waals surface area (Å²) in [5.74, 6) is 6.25. The second kappa shape index (κ2) is 5.24. The second-order valence-electron chi connectivity index (χ2n) is 3.47. The van der Waals surface area contributed by atoms with Crippen LogP contribution in [-0.2, 0) is 9.84 Å². The van der Waals surface area contributed by atoms with Gasteiger partial charge in [0.25, 0.3) is 0 Å². The minimum atomic E-state index is -2.90. The standard InChI is InChI=1S/C8H16N4O2S/c1-15(13,14)6-2-3-7(12-9)8-10-4-5-11-8/h4-5,7,12H,2-3,6,9H2,1H3,(H,10,11). The molecule has 0 saturated carbocycles. The number of aromatic nitrogens is 2. The molecule has 1 aromatic heterocycles. The summed E-state index contributed by atoms with van der Waals surface area (Å²) in [5.41, 5.74) is 2.60. The summed E-state index contributed by atoms with van der Waals surface area (Å²) in [6.07, 6.45) is 5.77. The third-order valence-corrected chi connectivity index (χ3v) is 3.09. The Labute approximate surface area is 89.2 Å². The number of nitrogens with zero attached hydrogens (tertiary/aromatic N) is 1. The highest BCUT2D eigenvalue weighted by Crippen LogP contribution is 2.13. The van der Waals surface area contributed by atoms with Gasteiger partial charge < -0.3 is 4.98 Å². The predicted molar refractivity (Wildman–Crippen MR) is 57.6 cm³/mol. The molecule has 0 radical (unpaired) electrons. The Balaban J connectivity index is 2.42. The van der Waals surface area contributed by atoms with E-state index in [2.05, 4.69) is 15.4 Å². The van der Waals surface area contributed by atoms with Crippen LogP contribution in [0.2, 0.25) is 0 Å². The summed E-state index contributed by atoms with van der Waals surface area (Å²) in [7, 11) is -2.90. The van der Waals surface area contributed by atoms with Gasteiger partial charge in [-0.1, -0.05) is 0 Å². The van der Waals surface area contributed by atoms with E-state index in [1.807, 2.05) is 0 Å². The normalized spacial score (nSPS) is 14.0. The molecule has 86 valence electrons. The van der Waals surface area contributed by atoms with Gasteiger partial charge in [0, 0.05) is 24.4 Å². The highest BCUT2D eigenvalue weighted by atomic mass is 32.2. The van der Waals surface area contributed by atoms with Crippen molar-refractivity contribution in [1.29, 1.82) is 0 Å².